The van der Waals surface area contributed by atoms with Gasteiger partial charge in [-0.1, -0.05) is 0 Å². The van der Waals surface area contributed by atoms with Gasteiger partial charge >= 0.3 is 5.97 Å². The number of methoxy groups -OCH3 is 1. The Kier molecular flexibility index (Phi) is 5.74. The molecule has 0 aliphatic rings. The van der Waals surface area contributed by atoms with Gasteiger partial charge in [0.25, 0.3) is 5.91 Å². The molecular weight excluding hydrogens is 250 g/mol. The van der Waals surface area contributed by atoms with Gasteiger partial charge in [0.05, 0.1) is 5.69 Å². The summed E-state index contributed by atoms with van der Waals surface area (Å²) < 4.78 is 4.84. The fraction of sp³-hybridized carbons (Fsp3) is 0.417. The Bertz CT molecular complexity index is 450. The number of pyridine rings is 1. The van der Waals surface area contributed by atoms with Gasteiger partial charge in [-0.2, -0.15) is 0 Å². The summed E-state index contributed by atoms with van der Waals surface area (Å²) in [5.74, 6) is -1.69. The normalized spacial score (nSPS) is 11.8. The van der Waals surface area contributed by atoms with Crippen molar-refractivity contribution in [3.63, 3.8) is 0 Å². The summed E-state index contributed by atoms with van der Waals surface area (Å²) in [6.45, 7) is 0.436. The molecule has 0 spiro atoms. The Labute approximate surface area is 110 Å². The van der Waals surface area contributed by atoms with Crippen LogP contribution in [0.15, 0.2) is 18.3 Å². The summed E-state index contributed by atoms with van der Waals surface area (Å²) in [7, 11) is 1.53. The number of nitrogen functional groups attached to an aromatic ring is 1. The van der Waals surface area contributed by atoms with Crippen LogP contribution in [-0.4, -0.2) is 41.7 Å². The standard InChI is InChI=1S/C12H17N3O4/c1-19-7-3-5-9(12(17)18)15-11(16)10-8(13)4-2-6-14-10/h2,4,6,9H,3,5,7,13H2,1H3,(H,15,16)(H,17,18). The maximum absolute atomic E-state index is 11.9. The molecule has 1 rings (SSSR count). The third-order valence-corrected chi connectivity index (χ3v) is 2.50. The molecule has 0 radical (unpaired) electrons. The number of amides is 1. The van der Waals surface area contributed by atoms with E-state index in [1.165, 1.54) is 19.4 Å². The van der Waals surface area contributed by atoms with E-state index in [-0.39, 0.29) is 17.8 Å². The molecule has 104 valence electrons. The topological polar surface area (TPSA) is 115 Å². The number of carboxylic acids is 1. The number of aliphatic carboxylic acids is 1. The van der Waals surface area contributed by atoms with Gasteiger partial charge in [0.15, 0.2) is 5.69 Å². The first-order valence-electron chi connectivity index (χ1n) is 5.79. The Morgan fingerprint density at radius 1 is 1.58 bits per heavy atom. The van der Waals surface area contributed by atoms with Crippen LogP contribution in [0, 0.1) is 0 Å². The average Bonchev–Trinajstić information content (AvgIpc) is 2.38. The molecule has 0 fully saturated rings. The Balaban J connectivity index is 2.66. The van der Waals surface area contributed by atoms with Crippen molar-refractivity contribution in [3.8, 4) is 0 Å². The lowest BCUT2D eigenvalue weighted by Crippen LogP contribution is -2.41. The molecule has 19 heavy (non-hydrogen) atoms. The van der Waals surface area contributed by atoms with E-state index in [0.29, 0.717) is 13.0 Å². The zero-order valence-electron chi connectivity index (χ0n) is 10.6. The van der Waals surface area contributed by atoms with E-state index in [4.69, 9.17) is 15.6 Å². The maximum Gasteiger partial charge on any atom is 0.326 e. The van der Waals surface area contributed by atoms with E-state index in [1.54, 1.807) is 6.07 Å². The number of nitrogens with zero attached hydrogens (tertiary/aromatic N) is 1. The van der Waals surface area contributed by atoms with E-state index in [0.717, 1.165) is 0 Å². The van der Waals surface area contributed by atoms with E-state index in [9.17, 15) is 9.59 Å². The van der Waals surface area contributed by atoms with Crippen molar-refractivity contribution in [2.45, 2.75) is 18.9 Å². The van der Waals surface area contributed by atoms with E-state index >= 15 is 0 Å². The van der Waals surface area contributed by atoms with Gasteiger partial charge in [-0.05, 0) is 25.0 Å². The average molecular weight is 267 g/mol. The summed E-state index contributed by atoms with van der Waals surface area (Å²) in [6.07, 6.45) is 2.24. The molecule has 7 heteroatoms. The number of nitrogens with two attached hydrogens (primary N) is 1. The van der Waals surface area contributed by atoms with Crippen LogP contribution < -0.4 is 11.1 Å². The molecule has 1 amide bonds. The minimum Gasteiger partial charge on any atom is -0.480 e. The number of carboxylic acid groups (broad SMARTS) is 1. The second-order valence-electron chi connectivity index (χ2n) is 3.94. The molecule has 0 aliphatic heterocycles. The third kappa shape index (κ3) is 4.55. The van der Waals surface area contributed by atoms with Crippen molar-refractivity contribution in [1.29, 1.82) is 0 Å². The van der Waals surface area contributed by atoms with Crippen molar-refractivity contribution in [2.24, 2.45) is 0 Å². The first-order valence-corrected chi connectivity index (χ1v) is 5.79. The molecule has 0 bridgehead atoms. The summed E-state index contributed by atoms with van der Waals surface area (Å²) in [5.41, 5.74) is 5.84. The second-order valence-corrected chi connectivity index (χ2v) is 3.94. The van der Waals surface area contributed by atoms with E-state index < -0.39 is 17.9 Å². The van der Waals surface area contributed by atoms with Gasteiger partial charge in [0, 0.05) is 19.9 Å². The van der Waals surface area contributed by atoms with Gasteiger partial charge in [-0.15, -0.1) is 0 Å². The van der Waals surface area contributed by atoms with Gasteiger partial charge in [0.2, 0.25) is 0 Å². The van der Waals surface area contributed by atoms with Crippen molar-refractivity contribution in [3.05, 3.63) is 24.0 Å². The minimum absolute atomic E-state index is 0.0282. The fourth-order valence-electron chi connectivity index (χ4n) is 1.52. The fourth-order valence-corrected chi connectivity index (χ4v) is 1.52. The Morgan fingerprint density at radius 3 is 2.89 bits per heavy atom. The second kappa shape index (κ2) is 7.32. The number of nitrogens with one attached hydrogen (secondary N) is 1. The molecule has 1 unspecified atom stereocenters. The molecule has 1 heterocycles. The Morgan fingerprint density at radius 2 is 2.32 bits per heavy atom. The van der Waals surface area contributed by atoms with Crippen LogP contribution in [0.5, 0.6) is 0 Å². The highest BCUT2D eigenvalue weighted by atomic mass is 16.5. The lowest BCUT2D eigenvalue weighted by Gasteiger charge is -2.14. The van der Waals surface area contributed by atoms with Crippen LogP contribution in [0.1, 0.15) is 23.3 Å². The summed E-state index contributed by atoms with van der Waals surface area (Å²) in [5, 5.41) is 11.4. The molecule has 0 saturated heterocycles. The van der Waals surface area contributed by atoms with Crippen molar-refractivity contribution >= 4 is 17.6 Å². The number of ether oxygens (including phenoxy) is 1. The predicted octanol–water partition coefficient (Wildman–Crippen LogP) is 0.273. The monoisotopic (exact) mass is 267 g/mol. The smallest absolute Gasteiger partial charge is 0.326 e. The molecular formula is C12H17N3O4. The summed E-state index contributed by atoms with van der Waals surface area (Å²) in [6, 6.07) is 2.14. The lowest BCUT2D eigenvalue weighted by molar-refractivity contribution is -0.139. The zero-order chi connectivity index (χ0) is 14.3. The number of anilines is 1. The van der Waals surface area contributed by atoms with E-state index in [2.05, 4.69) is 10.3 Å². The quantitative estimate of drug-likeness (QED) is 0.611. The number of carbonyl (C=O) groups excluding carboxylic acids is 1. The molecule has 4 N–H and O–H groups in total. The van der Waals surface area contributed by atoms with Crippen LogP contribution >= 0.6 is 0 Å². The molecule has 1 aromatic rings. The van der Waals surface area contributed by atoms with Crippen molar-refractivity contribution < 1.29 is 19.4 Å². The molecule has 7 nitrogen and oxygen atoms in total. The highest BCUT2D eigenvalue weighted by Gasteiger charge is 2.21. The first-order chi connectivity index (χ1) is 9.06. The summed E-state index contributed by atoms with van der Waals surface area (Å²) in [4.78, 5) is 26.7. The van der Waals surface area contributed by atoms with Gasteiger partial charge < -0.3 is 20.9 Å². The molecule has 0 saturated carbocycles. The number of hydrogen-bond acceptors (Lipinski definition) is 5. The zero-order valence-corrected chi connectivity index (χ0v) is 10.6. The molecule has 1 aromatic heterocycles. The largest absolute Gasteiger partial charge is 0.480 e. The maximum atomic E-state index is 11.9. The molecule has 1 atom stereocenters. The SMILES string of the molecule is COCCCC(NC(=O)c1ncccc1N)C(=O)O. The van der Waals surface area contributed by atoms with Gasteiger partial charge in [0.1, 0.15) is 6.04 Å². The van der Waals surface area contributed by atoms with Crippen LogP contribution in [0.3, 0.4) is 0 Å². The van der Waals surface area contributed by atoms with Gasteiger partial charge in [-0.3, -0.25) is 4.79 Å². The highest BCUT2D eigenvalue weighted by Crippen LogP contribution is 2.08. The predicted molar refractivity (Wildman–Crippen MR) is 68.6 cm³/mol. The van der Waals surface area contributed by atoms with Crippen LogP contribution in [0.25, 0.3) is 0 Å². The van der Waals surface area contributed by atoms with Crippen LogP contribution in [-0.2, 0) is 9.53 Å². The number of carbonyl (C=O) groups is 2. The number of rotatable bonds is 7. The Hall–Kier alpha value is -2.15. The third-order valence-electron chi connectivity index (χ3n) is 2.50. The van der Waals surface area contributed by atoms with Gasteiger partial charge in [-0.25, -0.2) is 9.78 Å². The lowest BCUT2D eigenvalue weighted by atomic mass is 10.1. The van der Waals surface area contributed by atoms with Crippen LogP contribution in [0.2, 0.25) is 0 Å². The van der Waals surface area contributed by atoms with E-state index in [1.807, 2.05) is 0 Å². The first kappa shape index (κ1) is 14.9. The highest BCUT2D eigenvalue weighted by molar-refractivity contribution is 5.98. The van der Waals surface area contributed by atoms with Crippen molar-refractivity contribution in [1.82, 2.24) is 10.3 Å². The van der Waals surface area contributed by atoms with Crippen LogP contribution in [0.4, 0.5) is 5.69 Å². The molecule has 0 aromatic carbocycles. The number of hydrogen-bond donors (Lipinski definition) is 3. The summed E-state index contributed by atoms with van der Waals surface area (Å²) >= 11 is 0. The van der Waals surface area contributed by atoms with Crippen molar-refractivity contribution in [2.75, 3.05) is 19.5 Å². The molecule has 0 aliphatic carbocycles. The number of aromatic nitrogens is 1. The minimum atomic E-state index is -1.10.